The average molecular weight is 1130 g/mol. The van der Waals surface area contributed by atoms with Crippen molar-refractivity contribution in [2.24, 2.45) is 5.92 Å². The molecule has 426 valence electrons. The molecule has 2 amide bonds. The first-order chi connectivity index (χ1) is 38.7. The quantitative estimate of drug-likeness (QED) is 0.0161. The fourth-order valence-corrected chi connectivity index (χ4v) is 11.1. The van der Waals surface area contributed by atoms with Gasteiger partial charge in [0.1, 0.15) is 58.3 Å². The molecular weight excluding hydrogens is 1070 g/mol. The van der Waals surface area contributed by atoms with E-state index in [9.17, 15) is 44.4 Å². The predicted molar refractivity (Wildman–Crippen MR) is 297 cm³/mol. The van der Waals surface area contributed by atoms with Crippen molar-refractivity contribution in [1.29, 1.82) is 0 Å². The molecule has 6 N–H and O–H groups in total. The zero-order valence-corrected chi connectivity index (χ0v) is 46.3. The Morgan fingerprint density at radius 2 is 1.80 bits per heavy atom. The lowest BCUT2D eigenvalue weighted by Gasteiger charge is -2.42. The smallest absolute Gasteiger partial charge is 0.409 e. The minimum Gasteiger partial charge on any atom is -0.508 e. The number of phenols is 1. The molecule has 22 heteroatoms. The number of aromatic carboxylic acids is 1. The number of phenolic OH excluding ortho intramolecular Hbond substituents is 1. The van der Waals surface area contributed by atoms with Gasteiger partial charge in [-0.3, -0.25) is 24.4 Å². The van der Waals surface area contributed by atoms with Crippen LogP contribution in [0.5, 0.6) is 11.5 Å². The fraction of sp³-hybridized carbons (Fsp3) is 0.390. The Labute approximate surface area is 470 Å². The first-order valence-corrected chi connectivity index (χ1v) is 26.9. The number of epoxide rings is 1. The second-order valence-electron chi connectivity index (χ2n) is 21.0. The molecule has 3 aromatic carbocycles. The lowest BCUT2D eigenvalue weighted by atomic mass is 9.83. The summed E-state index contributed by atoms with van der Waals surface area (Å²) in [4.78, 5) is 70.3. The molecule has 0 radical (unpaired) electrons. The molecule has 5 heterocycles. The fourth-order valence-electron chi connectivity index (χ4n) is 10.7. The van der Waals surface area contributed by atoms with Gasteiger partial charge in [-0.05, 0) is 105 Å². The van der Waals surface area contributed by atoms with E-state index in [1.165, 1.54) is 55.5 Å². The Balaban J connectivity index is 0.834. The molecule has 0 unspecified atom stereocenters. The van der Waals surface area contributed by atoms with Crippen molar-refractivity contribution in [1.82, 2.24) is 20.3 Å². The van der Waals surface area contributed by atoms with Crippen LogP contribution >= 0.6 is 11.6 Å². The van der Waals surface area contributed by atoms with Crippen molar-refractivity contribution in [3.63, 3.8) is 0 Å². The topological polar surface area (TPSA) is 289 Å². The number of methoxy groups -OCH3 is 2. The number of aryl methyl sites for hydroxylation is 2. The van der Waals surface area contributed by atoms with E-state index >= 15 is 0 Å². The summed E-state index contributed by atoms with van der Waals surface area (Å²) in [6, 6.07) is 16.6. The molecule has 7 atom stereocenters. The highest BCUT2D eigenvalue weighted by atomic mass is 35.5. The van der Waals surface area contributed by atoms with Gasteiger partial charge in [-0.1, -0.05) is 47.5 Å². The van der Waals surface area contributed by atoms with Gasteiger partial charge in [0.25, 0.3) is 0 Å². The number of nitrogens with zero attached hydrogens (tertiary/aromatic N) is 4. The number of aromatic nitrogens is 3. The van der Waals surface area contributed by atoms with Gasteiger partial charge in [-0.25, -0.2) is 14.6 Å². The number of hydrogen-bond acceptors (Lipinski definition) is 15. The van der Waals surface area contributed by atoms with E-state index in [-0.39, 0.29) is 63.8 Å². The number of carbonyl (C=O) groups excluding carboxylic acids is 3. The van der Waals surface area contributed by atoms with E-state index in [0.29, 0.717) is 84.4 Å². The third kappa shape index (κ3) is 12.6. The summed E-state index contributed by atoms with van der Waals surface area (Å²) in [5, 5.41) is 55.3. The summed E-state index contributed by atoms with van der Waals surface area (Å²) in [5.41, 5.74) is 1.09. The van der Waals surface area contributed by atoms with Crippen LogP contribution in [0.25, 0.3) is 33.4 Å². The minimum absolute atomic E-state index is 0.0150. The van der Waals surface area contributed by atoms with Crippen LogP contribution in [-0.4, -0.2) is 129 Å². The van der Waals surface area contributed by atoms with Gasteiger partial charge >= 0.3 is 23.9 Å². The highest BCUT2D eigenvalue weighted by Crippen LogP contribution is 2.49. The van der Waals surface area contributed by atoms with E-state index in [2.05, 4.69) is 20.6 Å². The highest BCUT2D eigenvalue weighted by Gasteiger charge is 2.64. The first-order valence-electron chi connectivity index (χ1n) is 26.5. The van der Waals surface area contributed by atoms with E-state index in [1.807, 2.05) is 19.9 Å². The van der Waals surface area contributed by atoms with Gasteiger partial charge in [-0.2, -0.15) is 0 Å². The molecule has 2 saturated heterocycles. The number of fused-ring (bicyclic) bond motifs is 7. The maximum Gasteiger partial charge on any atom is 0.409 e. The number of nitrogens with one attached hydrogen (secondary N) is 2. The molecule has 81 heavy (non-hydrogen) atoms. The highest BCUT2D eigenvalue weighted by molar-refractivity contribution is 6.35. The Hall–Kier alpha value is -8.11. The number of halogens is 1. The Bertz CT molecular complexity index is 3520. The van der Waals surface area contributed by atoms with E-state index in [1.54, 1.807) is 67.3 Å². The van der Waals surface area contributed by atoms with Crippen LogP contribution in [0.15, 0.2) is 106 Å². The summed E-state index contributed by atoms with van der Waals surface area (Å²) < 4.78 is 37.1. The number of aromatic hydroxyl groups is 1. The van der Waals surface area contributed by atoms with Gasteiger partial charge < -0.3 is 53.4 Å². The number of esters is 1. The third-order valence-electron chi connectivity index (χ3n) is 15.2. The monoisotopic (exact) mass is 1130 g/mol. The second kappa shape index (κ2) is 23.9. The summed E-state index contributed by atoms with van der Waals surface area (Å²) >= 11 is 6.83. The van der Waals surface area contributed by atoms with Gasteiger partial charge in [-0.15, -0.1) is 5.10 Å². The number of benzene rings is 4. The van der Waals surface area contributed by atoms with Crippen molar-refractivity contribution in [2.45, 2.75) is 114 Å². The number of carboxylic acid groups (broad SMARTS) is 1. The Morgan fingerprint density at radius 1 is 1.00 bits per heavy atom. The zero-order valence-electron chi connectivity index (χ0n) is 45.6. The molecule has 4 aliphatic heterocycles. The molecule has 1 aromatic heterocycles. The minimum atomic E-state index is -1.85. The lowest BCUT2D eigenvalue weighted by molar-refractivity contribution is -0.466. The molecular formula is C59H64ClN6O15+. The lowest BCUT2D eigenvalue weighted by Crippen LogP contribution is -2.73. The van der Waals surface area contributed by atoms with Crippen molar-refractivity contribution < 1.29 is 72.7 Å². The van der Waals surface area contributed by atoms with Gasteiger partial charge in [0, 0.05) is 80.7 Å². The van der Waals surface area contributed by atoms with Crippen molar-refractivity contribution in [3.8, 4) is 33.9 Å². The standard InChI is InChI=1S/C59H63ClN6O15/c1-32-11-9-13-48(77-6)59(75)30-47(79-57(74)62-59)33(2)54-58(3,81-54)49(29-50(69)65(4)43-24-34(23-32)25-46(76-5)53(43)60)80-51(70)14-8-7-12-36-31-66(64-63-36)22-10-21-61-55(71)35-15-18-39(56(72)73)42(26-35)52-40-19-16-37(67)27-44(40)78-45-28-38(68)17-20-41(45)52/h9,11,13,15-20,24-28,31,33,47-49,54,67,75H,7-8,10,12,14,21-23,29-30H2,1-6H3,(H,61,71)(H,62,74)(H,72,73)/p+1/b13-9+,32-11+/t33-,47+,48-,49+,54+,58+,59+/m1/s1. The Kier molecular flexibility index (Phi) is 17.0. The number of ether oxygens (including phenoxy) is 5. The first kappa shape index (κ1) is 57.6. The maximum atomic E-state index is 14.3. The van der Waals surface area contributed by atoms with Crippen LogP contribution < -0.4 is 25.4 Å². The molecule has 2 fully saturated rings. The maximum absolute atomic E-state index is 14.3. The summed E-state index contributed by atoms with van der Waals surface area (Å²) in [5.74, 6) is -2.44. The van der Waals surface area contributed by atoms with E-state index < -0.39 is 65.6 Å². The largest absolute Gasteiger partial charge is 0.508 e. The number of aliphatic hydroxyl groups excluding tert-OH is 1. The molecule has 0 saturated carbocycles. The van der Waals surface area contributed by atoms with Gasteiger partial charge in [0.2, 0.25) is 5.91 Å². The molecule has 0 spiro atoms. The van der Waals surface area contributed by atoms with Crippen LogP contribution in [0.4, 0.5) is 10.5 Å². The van der Waals surface area contributed by atoms with Crippen molar-refractivity contribution in [3.05, 3.63) is 134 Å². The number of rotatable bonds is 15. The molecule has 4 bridgehead atoms. The zero-order chi connectivity index (χ0) is 57.9. The molecule has 21 nitrogen and oxygen atoms in total. The summed E-state index contributed by atoms with van der Waals surface area (Å²) in [6.45, 7) is 6.22. The second-order valence-corrected chi connectivity index (χ2v) is 21.3. The number of amides is 2. The summed E-state index contributed by atoms with van der Waals surface area (Å²) in [7, 11) is 4.50. The van der Waals surface area contributed by atoms with Crippen LogP contribution in [0.3, 0.4) is 0 Å². The van der Waals surface area contributed by atoms with Crippen LogP contribution in [-0.2, 0) is 47.9 Å². The number of alkyl carbamates (subject to hydrolysis) is 1. The number of hydrogen-bond donors (Lipinski definition) is 6. The summed E-state index contributed by atoms with van der Waals surface area (Å²) in [6.07, 6.45) is 4.75. The van der Waals surface area contributed by atoms with Crippen LogP contribution in [0.1, 0.15) is 86.5 Å². The average Bonchev–Trinajstić information content (AvgIpc) is 3.14. The number of carbonyl (C=O) groups is 4. The number of aliphatic hydroxyl groups is 2. The predicted octanol–water partition coefficient (Wildman–Crippen LogP) is 6.43. The molecule has 4 aromatic rings. The van der Waals surface area contributed by atoms with Crippen LogP contribution in [0, 0.1) is 5.92 Å². The number of carboxylic acids is 1. The number of unbranched alkanes of at least 4 members (excludes halogenated alkanes) is 1. The Morgan fingerprint density at radius 3 is 2.57 bits per heavy atom. The van der Waals surface area contributed by atoms with Gasteiger partial charge in [0.05, 0.1) is 42.1 Å². The number of anilines is 1. The normalized spacial score (nSPS) is 24.4. The van der Waals surface area contributed by atoms with Crippen molar-refractivity contribution >= 4 is 58.1 Å². The molecule has 9 rings (SSSR count). The third-order valence-corrected chi connectivity index (χ3v) is 15.6. The van der Waals surface area contributed by atoms with Crippen molar-refractivity contribution in [2.75, 3.05) is 32.7 Å². The SMILES string of the molecule is COc1cc2cc(c1Cl)N(C)C(=O)C[C@H](OC(=O)CCCCc1cn(CCC[NH+]=C(O)c3ccc(C(=O)O)c(-c4c5ccc(=O)cc-5oc5cc(O)ccc45)c3)nn1)[C@]1(C)O[C@H]1[C@H](C)[C@@H]1C[C@@](O)(NC(=O)O1)[C@H](OC)/C=C/C=C(\C)C2. The van der Waals surface area contributed by atoms with E-state index in [4.69, 9.17) is 39.7 Å². The molecule has 1 aliphatic carbocycles. The molecule has 5 aliphatic rings. The number of allylic oxidation sites excluding steroid dienone is 3. The van der Waals surface area contributed by atoms with Crippen LogP contribution in [0.2, 0.25) is 5.02 Å². The van der Waals surface area contributed by atoms with Gasteiger partial charge in [0.15, 0.2) is 11.2 Å². The van der Waals surface area contributed by atoms with E-state index in [0.717, 1.165) is 11.1 Å².